The van der Waals surface area contributed by atoms with Crippen LogP contribution >= 0.6 is 0 Å². The monoisotopic (exact) mass is 278 g/mol. The van der Waals surface area contributed by atoms with Gasteiger partial charge < -0.3 is 9.97 Å². The third kappa shape index (κ3) is 1.71. The zero-order valence-electron chi connectivity index (χ0n) is 11.5. The van der Waals surface area contributed by atoms with Crippen molar-refractivity contribution < 1.29 is 0 Å². The van der Waals surface area contributed by atoms with Crippen molar-refractivity contribution in [3.8, 4) is 0 Å². The quantitative estimate of drug-likeness (QED) is 0.592. The molecule has 0 saturated carbocycles. The van der Waals surface area contributed by atoms with Gasteiger partial charge in [0.05, 0.1) is 23.3 Å². The van der Waals surface area contributed by atoms with E-state index in [0.29, 0.717) is 0 Å². The van der Waals surface area contributed by atoms with Crippen molar-refractivity contribution in [2.45, 2.75) is 13.0 Å². The van der Waals surface area contributed by atoms with Crippen molar-refractivity contribution in [3.05, 3.63) is 64.8 Å². The molecule has 0 radical (unpaired) electrons. The van der Waals surface area contributed by atoms with Gasteiger partial charge in [0, 0.05) is 11.6 Å². The summed E-state index contributed by atoms with van der Waals surface area (Å²) in [5.41, 5.74) is 3.42. The van der Waals surface area contributed by atoms with Crippen molar-refractivity contribution >= 4 is 22.1 Å². The van der Waals surface area contributed by atoms with E-state index in [-0.39, 0.29) is 11.7 Å². The Morgan fingerprint density at radius 1 is 1.19 bits per heavy atom. The highest BCUT2D eigenvalue weighted by Crippen LogP contribution is 2.25. The lowest BCUT2D eigenvalue weighted by atomic mass is 10.1. The number of fused-ring (bicyclic) bond motifs is 3. The maximum atomic E-state index is 12.4. The highest BCUT2D eigenvalue weighted by atomic mass is 16.1. The van der Waals surface area contributed by atoms with E-state index in [4.69, 9.17) is 0 Å². The lowest BCUT2D eigenvalue weighted by molar-refractivity contribution is 0.637. The molecule has 5 heteroatoms. The van der Waals surface area contributed by atoms with Crippen LogP contribution in [0.2, 0.25) is 0 Å². The second kappa shape index (κ2) is 4.34. The van der Waals surface area contributed by atoms with E-state index in [1.165, 1.54) is 0 Å². The second-order valence-electron chi connectivity index (χ2n) is 5.15. The summed E-state index contributed by atoms with van der Waals surface area (Å²) in [6.45, 7) is 2.03. The van der Waals surface area contributed by atoms with Crippen molar-refractivity contribution in [1.82, 2.24) is 19.5 Å². The van der Waals surface area contributed by atoms with E-state index in [9.17, 15) is 4.79 Å². The summed E-state index contributed by atoms with van der Waals surface area (Å²) in [7, 11) is 0. The van der Waals surface area contributed by atoms with Gasteiger partial charge in [0.1, 0.15) is 5.65 Å². The maximum Gasteiger partial charge on any atom is 0.327 e. The summed E-state index contributed by atoms with van der Waals surface area (Å²) in [4.78, 5) is 22.7. The number of aromatic nitrogens is 4. The molecule has 0 aliphatic rings. The summed E-state index contributed by atoms with van der Waals surface area (Å²) in [6.07, 6.45) is 3.54. The molecule has 1 aromatic carbocycles. The fourth-order valence-electron chi connectivity index (χ4n) is 2.87. The molecule has 3 heterocycles. The van der Waals surface area contributed by atoms with Gasteiger partial charge in [0.25, 0.3) is 0 Å². The number of nitrogens with one attached hydrogen (secondary N) is 2. The van der Waals surface area contributed by atoms with Crippen LogP contribution in [0.1, 0.15) is 18.5 Å². The van der Waals surface area contributed by atoms with Gasteiger partial charge in [-0.05, 0) is 18.6 Å². The van der Waals surface area contributed by atoms with E-state index in [1.807, 2.05) is 49.5 Å². The molecule has 4 rings (SSSR count). The molecule has 0 aliphatic carbocycles. The van der Waals surface area contributed by atoms with E-state index in [2.05, 4.69) is 15.0 Å². The third-order valence-electron chi connectivity index (χ3n) is 3.93. The predicted octanol–water partition coefficient (Wildman–Crippen LogP) is 2.82. The number of hydrogen-bond donors (Lipinski definition) is 2. The average Bonchev–Trinajstić information content (AvgIpc) is 3.10. The fourth-order valence-corrected chi connectivity index (χ4v) is 2.87. The number of benzene rings is 1. The molecule has 104 valence electrons. The third-order valence-corrected chi connectivity index (χ3v) is 3.93. The first-order valence-corrected chi connectivity index (χ1v) is 6.87. The minimum absolute atomic E-state index is 0.0482. The molecular formula is C16H14N4O. The smallest absolute Gasteiger partial charge is 0.327 e. The molecule has 3 aromatic heterocycles. The van der Waals surface area contributed by atoms with Crippen LogP contribution in [0.15, 0.2) is 53.6 Å². The Hall–Kier alpha value is -2.82. The topological polar surface area (TPSA) is 66.5 Å². The molecule has 21 heavy (non-hydrogen) atoms. The van der Waals surface area contributed by atoms with Crippen LogP contribution in [0.4, 0.5) is 0 Å². The highest BCUT2D eigenvalue weighted by molar-refractivity contribution is 6.01. The number of aromatic amines is 2. The van der Waals surface area contributed by atoms with E-state index >= 15 is 0 Å². The van der Waals surface area contributed by atoms with Crippen molar-refractivity contribution in [2.75, 3.05) is 0 Å². The first kappa shape index (κ1) is 12.0. The number of hydrogen-bond acceptors (Lipinski definition) is 2. The molecule has 0 bridgehead atoms. The van der Waals surface area contributed by atoms with Gasteiger partial charge in [-0.15, -0.1) is 0 Å². The highest BCUT2D eigenvalue weighted by Gasteiger charge is 2.17. The van der Waals surface area contributed by atoms with Crippen LogP contribution in [-0.2, 0) is 0 Å². The van der Waals surface area contributed by atoms with Gasteiger partial charge >= 0.3 is 5.69 Å². The molecule has 0 spiro atoms. The molecule has 4 aromatic rings. The van der Waals surface area contributed by atoms with E-state index in [0.717, 1.165) is 27.6 Å². The van der Waals surface area contributed by atoms with Crippen molar-refractivity contribution in [3.63, 3.8) is 0 Å². The first-order chi connectivity index (χ1) is 10.3. The number of imidazole rings is 1. The van der Waals surface area contributed by atoms with Crippen molar-refractivity contribution in [2.24, 2.45) is 0 Å². The molecule has 2 N–H and O–H groups in total. The lowest BCUT2D eigenvalue weighted by Crippen LogP contribution is -2.21. The van der Waals surface area contributed by atoms with E-state index in [1.54, 1.807) is 10.8 Å². The Bertz CT molecular complexity index is 978. The molecule has 0 unspecified atom stereocenters. The van der Waals surface area contributed by atoms with Crippen LogP contribution in [0.5, 0.6) is 0 Å². The molecule has 0 fully saturated rings. The largest absolute Gasteiger partial charge is 0.346 e. The Morgan fingerprint density at radius 2 is 2.00 bits per heavy atom. The molecular weight excluding hydrogens is 264 g/mol. The van der Waals surface area contributed by atoms with Crippen LogP contribution in [0.3, 0.4) is 0 Å². The lowest BCUT2D eigenvalue weighted by Gasteiger charge is -2.14. The second-order valence-corrected chi connectivity index (χ2v) is 5.15. The molecule has 0 amide bonds. The summed E-state index contributed by atoms with van der Waals surface area (Å²) in [5.74, 6) is 0. The van der Waals surface area contributed by atoms with Crippen LogP contribution in [-0.4, -0.2) is 19.5 Å². The maximum absolute atomic E-state index is 12.4. The number of pyridine rings is 1. The number of H-pyrrole nitrogens is 2. The molecule has 1 atom stereocenters. The first-order valence-electron chi connectivity index (χ1n) is 6.87. The van der Waals surface area contributed by atoms with Crippen LogP contribution in [0.25, 0.3) is 22.1 Å². The summed E-state index contributed by atoms with van der Waals surface area (Å²) in [6, 6.07) is 11.9. The Kier molecular flexibility index (Phi) is 2.47. The predicted molar refractivity (Wildman–Crippen MR) is 82.5 cm³/mol. The Labute approximate surface area is 120 Å². The Balaban J connectivity index is 2.06. The minimum atomic E-state index is -0.114. The molecule has 0 aliphatic heterocycles. The van der Waals surface area contributed by atoms with Gasteiger partial charge in [-0.2, -0.15) is 0 Å². The van der Waals surface area contributed by atoms with Crippen LogP contribution in [0, 0.1) is 0 Å². The summed E-state index contributed by atoms with van der Waals surface area (Å²) in [5, 5.41) is 0.952. The standard InChI is InChI=1S/C16H14N4O/c1-10(11-5-3-2-4-6-11)20-14-12-7-8-17-15(12)18-9-13(14)19-16(20)21/h2-10H,1H3,(H,17,18)(H,19,21)/t10-/m1/s1. The SMILES string of the molecule is C[C@H](c1ccccc1)n1c(=O)[nH]c2cnc3[nH]ccc3c21. The zero-order valence-corrected chi connectivity index (χ0v) is 11.5. The summed E-state index contributed by atoms with van der Waals surface area (Å²) >= 11 is 0. The van der Waals surface area contributed by atoms with Gasteiger partial charge in [-0.25, -0.2) is 9.78 Å². The average molecular weight is 278 g/mol. The van der Waals surface area contributed by atoms with E-state index < -0.39 is 0 Å². The minimum Gasteiger partial charge on any atom is -0.346 e. The normalized spacial score (nSPS) is 13.0. The number of nitrogens with zero attached hydrogens (tertiary/aromatic N) is 2. The van der Waals surface area contributed by atoms with Crippen LogP contribution < -0.4 is 5.69 Å². The molecule has 0 saturated heterocycles. The summed E-state index contributed by atoms with van der Waals surface area (Å²) < 4.78 is 1.79. The van der Waals surface area contributed by atoms with Gasteiger partial charge in [0.2, 0.25) is 0 Å². The van der Waals surface area contributed by atoms with Gasteiger partial charge in [-0.1, -0.05) is 30.3 Å². The zero-order chi connectivity index (χ0) is 14.4. The Morgan fingerprint density at radius 3 is 2.81 bits per heavy atom. The van der Waals surface area contributed by atoms with Gasteiger partial charge in [0.15, 0.2) is 0 Å². The molecule has 5 nitrogen and oxygen atoms in total. The van der Waals surface area contributed by atoms with Crippen molar-refractivity contribution in [1.29, 1.82) is 0 Å². The van der Waals surface area contributed by atoms with Gasteiger partial charge in [-0.3, -0.25) is 4.57 Å². The fraction of sp³-hybridized carbons (Fsp3) is 0.125. The number of rotatable bonds is 2.